The first-order chi connectivity index (χ1) is 10.8. The highest BCUT2D eigenvalue weighted by Gasteiger charge is 2.08. The van der Waals surface area contributed by atoms with Gasteiger partial charge in [0.05, 0.1) is 23.5 Å². The lowest BCUT2D eigenvalue weighted by atomic mass is 10.2. The van der Waals surface area contributed by atoms with Crippen LogP contribution in [0.1, 0.15) is 17.2 Å². The zero-order chi connectivity index (χ0) is 15.2. The van der Waals surface area contributed by atoms with Gasteiger partial charge in [-0.2, -0.15) is 0 Å². The van der Waals surface area contributed by atoms with Gasteiger partial charge in [-0.3, -0.25) is 9.78 Å². The smallest absolute Gasteiger partial charge is 0.220 e. The van der Waals surface area contributed by atoms with Gasteiger partial charge in [-0.25, -0.2) is 4.98 Å². The quantitative estimate of drug-likeness (QED) is 0.759. The van der Waals surface area contributed by atoms with Crippen molar-refractivity contribution in [2.45, 2.75) is 19.4 Å². The molecule has 3 heterocycles. The van der Waals surface area contributed by atoms with Gasteiger partial charge in [0.15, 0.2) is 0 Å². The standard InChI is InChI=1S/C16H15N3O2S/c20-15(18-10-13-2-1-9-21-13)3-4-16-19-14(11-22-16)12-5-7-17-8-6-12/h1-2,5-9,11H,3-4,10H2,(H,18,20). The summed E-state index contributed by atoms with van der Waals surface area (Å²) in [5, 5.41) is 5.79. The Morgan fingerprint density at radius 3 is 2.91 bits per heavy atom. The molecular formula is C16H15N3O2S. The minimum absolute atomic E-state index is 0.00272. The Morgan fingerprint density at radius 2 is 2.14 bits per heavy atom. The first kappa shape index (κ1) is 14.5. The molecule has 0 atom stereocenters. The highest BCUT2D eigenvalue weighted by molar-refractivity contribution is 7.09. The van der Waals surface area contributed by atoms with Crippen molar-refractivity contribution in [3.63, 3.8) is 0 Å². The molecule has 0 saturated carbocycles. The SMILES string of the molecule is O=C(CCc1nc(-c2ccncc2)cs1)NCc1ccco1. The number of furan rings is 1. The molecule has 3 aromatic rings. The molecule has 0 aromatic carbocycles. The van der Waals surface area contributed by atoms with Crippen molar-refractivity contribution in [2.24, 2.45) is 0 Å². The summed E-state index contributed by atoms with van der Waals surface area (Å²) in [5.41, 5.74) is 1.97. The lowest BCUT2D eigenvalue weighted by Gasteiger charge is -2.01. The van der Waals surface area contributed by atoms with E-state index in [0.717, 1.165) is 22.0 Å². The van der Waals surface area contributed by atoms with Crippen molar-refractivity contribution in [1.82, 2.24) is 15.3 Å². The van der Waals surface area contributed by atoms with E-state index in [-0.39, 0.29) is 5.91 Å². The number of amides is 1. The van der Waals surface area contributed by atoms with Crippen LogP contribution in [-0.4, -0.2) is 15.9 Å². The Kier molecular flexibility index (Phi) is 4.60. The second kappa shape index (κ2) is 7.00. The average Bonchev–Trinajstić information content (AvgIpc) is 3.23. The molecule has 0 saturated heterocycles. The van der Waals surface area contributed by atoms with E-state index in [2.05, 4.69) is 15.3 Å². The van der Waals surface area contributed by atoms with Gasteiger partial charge in [0.1, 0.15) is 5.76 Å². The Bertz CT molecular complexity index is 723. The van der Waals surface area contributed by atoms with Gasteiger partial charge in [-0.1, -0.05) is 0 Å². The Hall–Kier alpha value is -2.47. The van der Waals surface area contributed by atoms with Crippen LogP contribution in [0.5, 0.6) is 0 Å². The fraction of sp³-hybridized carbons (Fsp3) is 0.188. The summed E-state index contributed by atoms with van der Waals surface area (Å²) in [5.74, 6) is 0.750. The number of carbonyl (C=O) groups is 1. The third kappa shape index (κ3) is 3.79. The molecule has 3 rings (SSSR count). The highest BCUT2D eigenvalue weighted by Crippen LogP contribution is 2.21. The molecule has 3 aromatic heterocycles. The molecule has 0 radical (unpaired) electrons. The van der Waals surface area contributed by atoms with Gasteiger partial charge >= 0.3 is 0 Å². The number of hydrogen-bond acceptors (Lipinski definition) is 5. The summed E-state index contributed by atoms with van der Waals surface area (Å²) in [6, 6.07) is 7.49. The first-order valence-corrected chi connectivity index (χ1v) is 7.83. The van der Waals surface area contributed by atoms with Crippen LogP contribution >= 0.6 is 11.3 Å². The summed E-state index contributed by atoms with van der Waals surface area (Å²) in [6.45, 7) is 0.423. The molecule has 6 heteroatoms. The van der Waals surface area contributed by atoms with Crippen molar-refractivity contribution in [1.29, 1.82) is 0 Å². The van der Waals surface area contributed by atoms with E-state index < -0.39 is 0 Å². The molecule has 112 valence electrons. The summed E-state index contributed by atoms with van der Waals surface area (Å²) in [6.07, 6.45) is 6.15. The second-order valence-corrected chi connectivity index (χ2v) is 5.66. The molecule has 0 aliphatic heterocycles. The van der Waals surface area contributed by atoms with Crippen LogP contribution in [0, 0.1) is 0 Å². The van der Waals surface area contributed by atoms with E-state index in [1.165, 1.54) is 0 Å². The average molecular weight is 313 g/mol. The topological polar surface area (TPSA) is 68.0 Å². The molecular weight excluding hydrogens is 298 g/mol. The Labute approximate surface area is 132 Å². The minimum Gasteiger partial charge on any atom is -0.467 e. The zero-order valence-electron chi connectivity index (χ0n) is 11.9. The predicted molar refractivity (Wildman–Crippen MR) is 84.2 cm³/mol. The molecule has 0 fully saturated rings. The maximum atomic E-state index is 11.8. The molecule has 0 bridgehead atoms. The number of nitrogens with zero attached hydrogens (tertiary/aromatic N) is 2. The molecule has 1 amide bonds. The summed E-state index contributed by atoms with van der Waals surface area (Å²) in [4.78, 5) is 20.4. The maximum absolute atomic E-state index is 11.8. The van der Waals surface area contributed by atoms with Gasteiger partial charge < -0.3 is 9.73 Å². The van der Waals surface area contributed by atoms with E-state index >= 15 is 0 Å². The molecule has 0 aliphatic carbocycles. The normalized spacial score (nSPS) is 10.5. The van der Waals surface area contributed by atoms with Crippen LogP contribution in [0.3, 0.4) is 0 Å². The summed E-state index contributed by atoms with van der Waals surface area (Å²) >= 11 is 1.57. The number of hydrogen-bond donors (Lipinski definition) is 1. The highest BCUT2D eigenvalue weighted by atomic mass is 32.1. The predicted octanol–water partition coefficient (Wildman–Crippen LogP) is 3.05. The molecule has 22 heavy (non-hydrogen) atoms. The monoisotopic (exact) mass is 313 g/mol. The van der Waals surface area contributed by atoms with Crippen molar-refractivity contribution in [3.05, 3.63) is 59.1 Å². The molecule has 5 nitrogen and oxygen atoms in total. The van der Waals surface area contributed by atoms with Crippen molar-refractivity contribution < 1.29 is 9.21 Å². The molecule has 0 unspecified atom stereocenters. The number of carbonyl (C=O) groups excluding carboxylic acids is 1. The maximum Gasteiger partial charge on any atom is 0.220 e. The summed E-state index contributed by atoms with van der Waals surface area (Å²) < 4.78 is 5.17. The first-order valence-electron chi connectivity index (χ1n) is 6.95. The third-order valence-corrected chi connectivity index (χ3v) is 4.04. The molecule has 1 N–H and O–H groups in total. The number of rotatable bonds is 6. The van der Waals surface area contributed by atoms with Gasteiger partial charge in [0.25, 0.3) is 0 Å². The number of nitrogens with one attached hydrogen (secondary N) is 1. The van der Waals surface area contributed by atoms with E-state index in [9.17, 15) is 4.79 Å². The van der Waals surface area contributed by atoms with Crippen molar-refractivity contribution in [2.75, 3.05) is 0 Å². The zero-order valence-corrected chi connectivity index (χ0v) is 12.7. The van der Waals surface area contributed by atoms with Crippen molar-refractivity contribution in [3.8, 4) is 11.3 Å². The Morgan fingerprint density at radius 1 is 1.27 bits per heavy atom. The van der Waals surface area contributed by atoms with Gasteiger partial charge in [0.2, 0.25) is 5.91 Å². The molecule has 0 aliphatic rings. The van der Waals surface area contributed by atoms with Crippen LogP contribution in [0.2, 0.25) is 0 Å². The fourth-order valence-corrected chi connectivity index (χ4v) is 2.80. The Balaban J connectivity index is 1.49. The van der Waals surface area contributed by atoms with Gasteiger partial charge in [-0.15, -0.1) is 11.3 Å². The van der Waals surface area contributed by atoms with Crippen LogP contribution < -0.4 is 5.32 Å². The van der Waals surface area contributed by atoms with E-state index in [1.54, 1.807) is 36.1 Å². The van der Waals surface area contributed by atoms with Crippen LogP contribution in [0.4, 0.5) is 0 Å². The van der Waals surface area contributed by atoms with E-state index in [4.69, 9.17) is 4.42 Å². The fourth-order valence-electron chi connectivity index (χ4n) is 1.99. The van der Waals surface area contributed by atoms with Gasteiger partial charge in [0, 0.05) is 36.2 Å². The molecule has 0 spiro atoms. The van der Waals surface area contributed by atoms with E-state index in [1.807, 2.05) is 23.6 Å². The summed E-state index contributed by atoms with van der Waals surface area (Å²) in [7, 11) is 0. The van der Waals surface area contributed by atoms with Crippen LogP contribution in [0.15, 0.2) is 52.7 Å². The number of aryl methyl sites for hydroxylation is 1. The van der Waals surface area contributed by atoms with Crippen molar-refractivity contribution >= 4 is 17.2 Å². The minimum atomic E-state index is -0.00272. The number of thiazole rings is 1. The third-order valence-electron chi connectivity index (χ3n) is 3.13. The van der Waals surface area contributed by atoms with Crippen LogP contribution in [-0.2, 0) is 17.8 Å². The number of aromatic nitrogens is 2. The lowest BCUT2D eigenvalue weighted by molar-refractivity contribution is -0.121. The van der Waals surface area contributed by atoms with Gasteiger partial charge in [-0.05, 0) is 24.3 Å². The van der Waals surface area contributed by atoms with Crippen LogP contribution in [0.25, 0.3) is 11.3 Å². The largest absolute Gasteiger partial charge is 0.467 e. The second-order valence-electron chi connectivity index (χ2n) is 4.72. The lowest BCUT2D eigenvalue weighted by Crippen LogP contribution is -2.22. The number of pyridine rings is 1. The van der Waals surface area contributed by atoms with E-state index in [0.29, 0.717) is 19.4 Å².